The Morgan fingerprint density at radius 2 is 1.50 bits per heavy atom. The van der Waals surface area contributed by atoms with E-state index in [1.54, 1.807) is 19.2 Å². The number of aryl methyl sites for hydroxylation is 3. The SMILES string of the molecule is Cc1ccc(C(=O)Nc2c(C(=O)O)c(-c3ccc(C)cc3)nn2C)cc1. The van der Waals surface area contributed by atoms with Gasteiger partial charge in [-0.25, -0.2) is 4.79 Å². The van der Waals surface area contributed by atoms with Crippen LogP contribution in [0, 0.1) is 13.8 Å². The van der Waals surface area contributed by atoms with Crippen molar-refractivity contribution >= 4 is 17.7 Å². The van der Waals surface area contributed by atoms with Crippen LogP contribution in [0.3, 0.4) is 0 Å². The minimum Gasteiger partial charge on any atom is -0.477 e. The Bertz CT molecular complexity index is 971. The first-order chi connectivity index (χ1) is 12.4. The van der Waals surface area contributed by atoms with Gasteiger partial charge in [0.15, 0.2) is 0 Å². The zero-order chi connectivity index (χ0) is 18.8. The van der Waals surface area contributed by atoms with Gasteiger partial charge in [-0.15, -0.1) is 0 Å². The van der Waals surface area contributed by atoms with E-state index >= 15 is 0 Å². The van der Waals surface area contributed by atoms with Crippen molar-refractivity contribution in [2.45, 2.75) is 13.8 Å². The lowest BCUT2D eigenvalue weighted by Crippen LogP contribution is -2.16. The molecule has 0 unspecified atom stereocenters. The largest absolute Gasteiger partial charge is 0.477 e. The van der Waals surface area contributed by atoms with Gasteiger partial charge in [-0.1, -0.05) is 47.5 Å². The molecule has 0 aliphatic heterocycles. The van der Waals surface area contributed by atoms with Crippen molar-refractivity contribution in [1.29, 1.82) is 0 Å². The standard InChI is InChI=1S/C20H19N3O3/c1-12-4-8-14(9-5-12)17-16(20(25)26)18(23(3)22-17)21-19(24)15-10-6-13(2)7-11-15/h4-11H,1-3H3,(H,21,24)(H,25,26). The Balaban J connectivity index is 2.01. The van der Waals surface area contributed by atoms with Crippen LogP contribution >= 0.6 is 0 Å². The van der Waals surface area contributed by atoms with Crippen molar-refractivity contribution in [1.82, 2.24) is 9.78 Å². The van der Waals surface area contributed by atoms with Gasteiger partial charge in [0.1, 0.15) is 17.1 Å². The maximum atomic E-state index is 12.5. The van der Waals surface area contributed by atoms with Gasteiger partial charge in [-0.05, 0) is 26.0 Å². The van der Waals surface area contributed by atoms with Gasteiger partial charge < -0.3 is 10.4 Å². The molecule has 1 heterocycles. The van der Waals surface area contributed by atoms with Crippen LogP contribution in [0.1, 0.15) is 31.8 Å². The number of rotatable bonds is 4. The van der Waals surface area contributed by atoms with E-state index in [-0.39, 0.29) is 17.3 Å². The molecule has 0 radical (unpaired) electrons. The lowest BCUT2D eigenvalue weighted by atomic mass is 10.1. The van der Waals surface area contributed by atoms with Gasteiger partial charge in [0.25, 0.3) is 5.91 Å². The smallest absolute Gasteiger partial charge is 0.341 e. The number of carboxylic acid groups (broad SMARTS) is 1. The first-order valence-electron chi connectivity index (χ1n) is 8.12. The van der Waals surface area contributed by atoms with Crippen molar-refractivity contribution < 1.29 is 14.7 Å². The molecule has 3 aromatic rings. The summed E-state index contributed by atoms with van der Waals surface area (Å²) in [6.07, 6.45) is 0. The van der Waals surface area contributed by atoms with Crippen LogP contribution in [0.2, 0.25) is 0 Å². The number of anilines is 1. The topological polar surface area (TPSA) is 84.2 Å². The van der Waals surface area contributed by atoms with E-state index in [0.717, 1.165) is 11.1 Å². The molecule has 0 saturated heterocycles. The molecule has 2 N–H and O–H groups in total. The molecule has 0 aliphatic carbocycles. The highest BCUT2D eigenvalue weighted by Crippen LogP contribution is 2.29. The minimum absolute atomic E-state index is 0.0307. The number of carbonyl (C=O) groups is 2. The Morgan fingerprint density at radius 3 is 2.04 bits per heavy atom. The van der Waals surface area contributed by atoms with Crippen LogP contribution in [0.4, 0.5) is 5.82 Å². The second kappa shape index (κ2) is 6.84. The molecule has 0 bridgehead atoms. The van der Waals surface area contributed by atoms with Crippen molar-refractivity contribution in [3.63, 3.8) is 0 Å². The zero-order valence-electron chi connectivity index (χ0n) is 14.8. The number of nitrogens with one attached hydrogen (secondary N) is 1. The van der Waals surface area contributed by atoms with Crippen LogP contribution in [0.25, 0.3) is 11.3 Å². The van der Waals surface area contributed by atoms with Crippen LogP contribution in [0.15, 0.2) is 48.5 Å². The number of nitrogens with zero attached hydrogens (tertiary/aromatic N) is 2. The molecule has 0 fully saturated rings. The highest BCUT2D eigenvalue weighted by Gasteiger charge is 2.25. The molecular weight excluding hydrogens is 330 g/mol. The predicted octanol–water partition coefficient (Wildman–Crippen LogP) is 3.65. The summed E-state index contributed by atoms with van der Waals surface area (Å²) in [5, 5.41) is 16.7. The molecule has 26 heavy (non-hydrogen) atoms. The highest BCUT2D eigenvalue weighted by molar-refractivity contribution is 6.09. The minimum atomic E-state index is -1.15. The summed E-state index contributed by atoms with van der Waals surface area (Å²) in [5.74, 6) is -1.38. The molecule has 6 heteroatoms. The second-order valence-corrected chi connectivity index (χ2v) is 6.19. The van der Waals surface area contributed by atoms with Gasteiger partial charge >= 0.3 is 5.97 Å². The van der Waals surface area contributed by atoms with E-state index in [1.807, 2.05) is 50.2 Å². The van der Waals surface area contributed by atoms with Crippen molar-refractivity contribution in [2.75, 3.05) is 5.32 Å². The van der Waals surface area contributed by atoms with Crippen LogP contribution < -0.4 is 5.32 Å². The third-order valence-electron chi connectivity index (χ3n) is 4.13. The molecule has 0 atom stereocenters. The summed E-state index contributed by atoms with van der Waals surface area (Å²) < 4.78 is 1.38. The van der Waals surface area contributed by atoms with Crippen molar-refractivity contribution in [2.24, 2.45) is 7.05 Å². The van der Waals surface area contributed by atoms with Crippen LogP contribution in [0.5, 0.6) is 0 Å². The summed E-state index contributed by atoms with van der Waals surface area (Å²) >= 11 is 0. The maximum Gasteiger partial charge on any atom is 0.341 e. The average Bonchev–Trinajstić information content (AvgIpc) is 2.93. The van der Waals surface area contributed by atoms with Gasteiger partial charge in [0.2, 0.25) is 0 Å². The lowest BCUT2D eigenvalue weighted by molar-refractivity contribution is 0.0699. The van der Waals surface area contributed by atoms with Crippen molar-refractivity contribution in [3.05, 3.63) is 70.8 Å². The molecule has 0 aliphatic rings. The number of aromatic nitrogens is 2. The number of hydrogen-bond donors (Lipinski definition) is 2. The number of carboxylic acids is 1. The molecule has 0 spiro atoms. The highest BCUT2D eigenvalue weighted by atomic mass is 16.4. The van der Waals surface area contributed by atoms with E-state index in [1.165, 1.54) is 4.68 Å². The van der Waals surface area contributed by atoms with Crippen LogP contribution in [-0.4, -0.2) is 26.8 Å². The predicted molar refractivity (Wildman–Crippen MR) is 99.5 cm³/mol. The summed E-state index contributed by atoms with van der Waals surface area (Å²) in [6.45, 7) is 3.88. The summed E-state index contributed by atoms with van der Waals surface area (Å²) in [4.78, 5) is 24.4. The molecular formula is C20H19N3O3. The maximum absolute atomic E-state index is 12.5. The van der Waals surface area contributed by atoms with E-state index < -0.39 is 5.97 Å². The summed E-state index contributed by atoms with van der Waals surface area (Å²) in [6, 6.07) is 14.5. The third kappa shape index (κ3) is 3.35. The first kappa shape index (κ1) is 17.4. The fourth-order valence-corrected chi connectivity index (χ4v) is 2.67. The van der Waals surface area contributed by atoms with E-state index in [2.05, 4.69) is 10.4 Å². The molecule has 6 nitrogen and oxygen atoms in total. The number of benzene rings is 2. The monoisotopic (exact) mass is 349 g/mol. The zero-order valence-corrected chi connectivity index (χ0v) is 14.8. The Labute approximate surface area is 151 Å². The van der Waals surface area contributed by atoms with Gasteiger partial charge in [0.05, 0.1) is 0 Å². The average molecular weight is 349 g/mol. The van der Waals surface area contributed by atoms with E-state index in [4.69, 9.17) is 0 Å². The Kier molecular flexibility index (Phi) is 4.58. The van der Waals surface area contributed by atoms with Gasteiger partial charge in [0, 0.05) is 18.2 Å². The molecule has 1 aromatic heterocycles. The molecule has 132 valence electrons. The van der Waals surface area contributed by atoms with Gasteiger partial charge in [-0.3, -0.25) is 9.48 Å². The molecule has 3 rings (SSSR count). The molecule has 0 saturated carbocycles. The third-order valence-corrected chi connectivity index (χ3v) is 4.13. The van der Waals surface area contributed by atoms with E-state index in [9.17, 15) is 14.7 Å². The summed E-state index contributed by atoms with van der Waals surface area (Å²) in [7, 11) is 1.61. The molecule has 1 amide bonds. The Hall–Kier alpha value is -3.41. The fourth-order valence-electron chi connectivity index (χ4n) is 2.67. The van der Waals surface area contributed by atoms with Gasteiger partial charge in [-0.2, -0.15) is 5.10 Å². The fraction of sp³-hybridized carbons (Fsp3) is 0.150. The first-order valence-corrected chi connectivity index (χ1v) is 8.12. The summed E-state index contributed by atoms with van der Waals surface area (Å²) in [5.41, 5.74) is 3.52. The number of carbonyl (C=O) groups excluding carboxylic acids is 1. The quantitative estimate of drug-likeness (QED) is 0.753. The Morgan fingerprint density at radius 1 is 0.962 bits per heavy atom. The molecule has 2 aromatic carbocycles. The number of hydrogen-bond acceptors (Lipinski definition) is 3. The van der Waals surface area contributed by atoms with Crippen molar-refractivity contribution in [3.8, 4) is 11.3 Å². The number of amides is 1. The van der Waals surface area contributed by atoms with E-state index in [0.29, 0.717) is 16.8 Å². The second-order valence-electron chi connectivity index (χ2n) is 6.19. The normalized spacial score (nSPS) is 10.6. The lowest BCUT2D eigenvalue weighted by Gasteiger charge is -2.07. The van der Waals surface area contributed by atoms with Crippen LogP contribution in [-0.2, 0) is 7.05 Å². The number of aromatic carboxylic acids is 1.